The smallest absolute Gasteiger partial charge is 0.253 e. The summed E-state index contributed by atoms with van der Waals surface area (Å²) >= 11 is 4.48. The molecule has 0 aromatic carbocycles. The van der Waals surface area contributed by atoms with Gasteiger partial charge in [-0.05, 0) is 31.5 Å². The Bertz CT molecular complexity index is 97.7. The van der Waals surface area contributed by atoms with Crippen molar-refractivity contribution in [2.24, 2.45) is 5.73 Å². The number of hydrogen-bond donors (Lipinski definition) is 2. The topological polar surface area (TPSA) is 55.5 Å². The lowest BCUT2D eigenvalue weighted by Crippen LogP contribution is -2.13. The molecular weight excluding hydrogens is 150 g/mol. The van der Waals surface area contributed by atoms with Crippen molar-refractivity contribution >= 4 is 17.4 Å². The predicted octanol–water partition coefficient (Wildman–Crippen LogP) is 0.409. The second kappa shape index (κ2) is 6.77. The van der Waals surface area contributed by atoms with Crippen LogP contribution in [0.3, 0.4) is 0 Å². The largest absolute Gasteiger partial charge is 0.471 e. The van der Waals surface area contributed by atoms with E-state index < -0.39 is 0 Å². The van der Waals surface area contributed by atoms with Gasteiger partial charge in [-0.3, -0.25) is 0 Å². The van der Waals surface area contributed by atoms with Crippen molar-refractivity contribution in [3.05, 3.63) is 0 Å². The molecule has 0 saturated heterocycles. The van der Waals surface area contributed by atoms with Crippen LogP contribution in [0, 0.1) is 0 Å². The normalized spacial score (nSPS) is 9.30. The van der Waals surface area contributed by atoms with E-state index in [1.54, 1.807) is 0 Å². The first kappa shape index (κ1) is 9.65. The summed E-state index contributed by atoms with van der Waals surface area (Å²) < 4.78 is 4.82. The molecule has 0 aromatic heterocycles. The molecule has 0 spiro atoms. The minimum absolute atomic E-state index is 0.101. The second-order valence-corrected chi connectivity index (χ2v) is 2.35. The SMILES string of the molecule is NC(=S)OCCCCCO. The average molecular weight is 163 g/mol. The van der Waals surface area contributed by atoms with Gasteiger partial charge in [0.1, 0.15) is 0 Å². The van der Waals surface area contributed by atoms with E-state index in [1.165, 1.54) is 0 Å². The van der Waals surface area contributed by atoms with E-state index in [0.717, 1.165) is 19.3 Å². The maximum Gasteiger partial charge on any atom is 0.253 e. The Balaban J connectivity index is 2.84. The van der Waals surface area contributed by atoms with Gasteiger partial charge in [0.15, 0.2) is 0 Å². The van der Waals surface area contributed by atoms with E-state index in [4.69, 9.17) is 15.6 Å². The lowest BCUT2D eigenvalue weighted by molar-refractivity contribution is 0.263. The van der Waals surface area contributed by atoms with Gasteiger partial charge in [0.2, 0.25) is 0 Å². The Labute approximate surface area is 66.2 Å². The second-order valence-electron chi connectivity index (χ2n) is 1.95. The van der Waals surface area contributed by atoms with Crippen molar-refractivity contribution in [3.8, 4) is 0 Å². The summed E-state index contributed by atoms with van der Waals surface area (Å²) in [6.07, 6.45) is 2.68. The molecule has 3 nitrogen and oxygen atoms in total. The Hall–Kier alpha value is -0.350. The Kier molecular flexibility index (Phi) is 6.53. The molecule has 0 heterocycles. The summed E-state index contributed by atoms with van der Waals surface area (Å²) in [6.45, 7) is 0.808. The first-order chi connectivity index (χ1) is 4.77. The molecule has 0 aromatic rings. The molecule has 0 fully saturated rings. The molecule has 3 N–H and O–H groups in total. The number of ether oxygens (including phenoxy) is 1. The van der Waals surface area contributed by atoms with Crippen molar-refractivity contribution in [2.75, 3.05) is 13.2 Å². The van der Waals surface area contributed by atoms with Crippen molar-refractivity contribution in [1.82, 2.24) is 0 Å². The van der Waals surface area contributed by atoms with Crippen LogP contribution < -0.4 is 5.73 Å². The Morgan fingerprint density at radius 1 is 1.40 bits per heavy atom. The van der Waals surface area contributed by atoms with Gasteiger partial charge in [-0.15, -0.1) is 0 Å². The van der Waals surface area contributed by atoms with Crippen LogP contribution in [0.5, 0.6) is 0 Å². The summed E-state index contributed by atoms with van der Waals surface area (Å²) in [5.41, 5.74) is 5.07. The first-order valence-corrected chi connectivity index (χ1v) is 3.71. The molecule has 0 amide bonds. The van der Waals surface area contributed by atoms with Crippen LogP contribution in [0.25, 0.3) is 0 Å². The summed E-state index contributed by atoms with van der Waals surface area (Å²) in [5, 5.41) is 8.48. The van der Waals surface area contributed by atoms with E-state index in [1.807, 2.05) is 0 Å². The number of unbranched alkanes of at least 4 members (excludes halogenated alkanes) is 2. The zero-order valence-corrected chi connectivity index (χ0v) is 6.69. The van der Waals surface area contributed by atoms with Crippen LogP contribution in [0.1, 0.15) is 19.3 Å². The molecule has 0 bridgehead atoms. The van der Waals surface area contributed by atoms with Gasteiger partial charge in [-0.1, -0.05) is 0 Å². The average Bonchev–Trinajstić information content (AvgIpc) is 1.87. The van der Waals surface area contributed by atoms with Crippen molar-refractivity contribution in [3.63, 3.8) is 0 Å². The highest BCUT2D eigenvalue weighted by Gasteiger charge is 1.89. The number of hydrogen-bond acceptors (Lipinski definition) is 3. The van der Waals surface area contributed by atoms with E-state index in [9.17, 15) is 0 Å². The third-order valence-electron chi connectivity index (χ3n) is 1.05. The Morgan fingerprint density at radius 2 is 2.10 bits per heavy atom. The number of rotatable bonds is 5. The standard InChI is InChI=1S/C6H13NO2S/c7-6(10)9-5-3-1-2-4-8/h8H,1-5H2,(H2,7,10). The predicted molar refractivity (Wildman–Crippen MR) is 43.7 cm³/mol. The van der Waals surface area contributed by atoms with Gasteiger partial charge >= 0.3 is 0 Å². The lowest BCUT2D eigenvalue weighted by Gasteiger charge is -2.01. The van der Waals surface area contributed by atoms with E-state index >= 15 is 0 Å². The Morgan fingerprint density at radius 3 is 2.60 bits per heavy atom. The summed E-state index contributed by atoms with van der Waals surface area (Å²) in [7, 11) is 0. The van der Waals surface area contributed by atoms with Gasteiger partial charge in [-0.25, -0.2) is 0 Å². The third-order valence-corrected chi connectivity index (χ3v) is 1.16. The molecular formula is C6H13NO2S. The monoisotopic (exact) mass is 163 g/mol. The van der Waals surface area contributed by atoms with Crippen molar-refractivity contribution < 1.29 is 9.84 Å². The fourth-order valence-corrected chi connectivity index (χ4v) is 0.647. The van der Waals surface area contributed by atoms with Crippen LogP contribution in [0.2, 0.25) is 0 Å². The van der Waals surface area contributed by atoms with Crippen LogP contribution in [0.15, 0.2) is 0 Å². The van der Waals surface area contributed by atoms with Gasteiger partial charge in [0, 0.05) is 6.61 Å². The van der Waals surface area contributed by atoms with E-state index in [-0.39, 0.29) is 11.8 Å². The van der Waals surface area contributed by atoms with Gasteiger partial charge in [-0.2, -0.15) is 0 Å². The van der Waals surface area contributed by atoms with Crippen molar-refractivity contribution in [1.29, 1.82) is 0 Å². The fourth-order valence-electron chi connectivity index (χ4n) is 0.563. The van der Waals surface area contributed by atoms with E-state index in [2.05, 4.69) is 12.2 Å². The van der Waals surface area contributed by atoms with Crippen LogP contribution in [-0.2, 0) is 4.74 Å². The highest BCUT2D eigenvalue weighted by molar-refractivity contribution is 7.80. The number of thiocarbonyl (C=S) groups is 1. The quantitative estimate of drug-likeness (QED) is 0.455. The summed E-state index contributed by atoms with van der Waals surface area (Å²) in [5.74, 6) is 0. The summed E-state index contributed by atoms with van der Waals surface area (Å²) in [4.78, 5) is 0. The van der Waals surface area contributed by atoms with Gasteiger partial charge < -0.3 is 15.6 Å². The molecule has 10 heavy (non-hydrogen) atoms. The minimum atomic E-state index is 0.101. The maximum absolute atomic E-state index is 8.38. The van der Waals surface area contributed by atoms with Crippen LogP contribution >= 0.6 is 12.2 Å². The summed E-state index contributed by atoms with van der Waals surface area (Å²) in [6, 6.07) is 0. The van der Waals surface area contributed by atoms with Crippen LogP contribution in [-0.4, -0.2) is 23.5 Å². The molecule has 0 radical (unpaired) electrons. The molecule has 0 aliphatic rings. The van der Waals surface area contributed by atoms with E-state index in [0.29, 0.717) is 6.61 Å². The van der Waals surface area contributed by atoms with Crippen molar-refractivity contribution in [2.45, 2.75) is 19.3 Å². The molecule has 0 atom stereocenters. The molecule has 0 unspecified atom stereocenters. The van der Waals surface area contributed by atoms with Crippen LogP contribution in [0.4, 0.5) is 0 Å². The number of aliphatic hydroxyl groups is 1. The third kappa shape index (κ3) is 7.65. The highest BCUT2D eigenvalue weighted by atomic mass is 32.1. The molecule has 0 rings (SSSR count). The van der Waals surface area contributed by atoms with Gasteiger partial charge in [0.05, 0.1) is 6.61 Å². The molecule has 60 valence electrons. The fraction of sp³-hybridized carbons (Fsp3) is 0.833. The number of nitrogens with two attached hydrogens (primary N) is 1. The molecule has 0 saturated carbocycles. The zero-order chi connectivity index (χ0) is 7.82. The molecule has 0 aliphatic carbocycles. The maximum atomic E-state index is 8.38. The molecule has 0 aliphatic heterocycles. The molecule has 4 heteroatoms. The number of aliphatic hydroxyl groups excluding tert-OH is 1. The highest BCUT2D eigenvalue weighted by Crippen LogP contribution is 1.93. The first-order valence-electron chi connectivity index (χ1n) is 3.30. The lowest BCUT2D eigenvalue weighted by atomic mass is 10.2. The minimum Gasteiger partial charge on any atom is -0.471 e. The zero-order valence-electron chi connectivity index (χ0n) is 5.88. The van der Waals surface area contributed by atoms with Gasteiger partial charge in [0.25, 0.3) is 5.17 Å².